The van der Waals surface area contributed by atoms with Crippen LogP contribution in [0.1, 0.15) is 38.7 Å². The molecule has 0 atom stereocenters. The van der Waals surface area contributed by atoms with Gasteiger partial charge in [0.15, 0.2) is 0 Å². The molecule has 1 fully saturated rings. The van der Waals surface area contributed by atoms with Gasteiger partial charge in [0.05, 0.1) is 12.0 Å². The van der Waals surface area contributed by atoms with Crippen molar-refractivity contribution in [2.24, 2.45) is 11.7 Å². The zero-order chi connectivity index (χ0) is 13.2. The van der Waals surface area contributed by atoms with Gasteiger partial charge in [-0.05, 0) is 36.5 Å². The molecule has 0 aromatic heterocycles. The summed E-state index contributed by atoms with van der Waals surface area (Å²) < 4.78 is 5.63. The fourth-order valence-corrected chi connectivity index (χ4v) is 2.34. The second kappa shape index (κ2) is 5.01. The molecule has 2 N–H and O–H groups in total. The molecule has 1 aromatic rings. The number of carbonyl (C=O) groups is 1. The summed E-state index contributed by atoms with van der Waals surface area (Å²) in [6, 6.07) is 7.81. The topological polar surface area (TPSA) is 52.3 Å². The number of ether oxygens (including phenoxy) is 1. The minimum Gasteiger partial charge on any atom is -0.493 e. The summed E-state index contributed by atoms with van der Waals surface area (Å²) in [7, 11) is 0. The van der Waals surface area contributed by atoms with Crippen molar-refractivity contribution in [3.05, 3.63) is 29.8 Å². The second-order valence-electron chi connectivity index (χ2n) is 5.53. The van der Waals surface area contributed by atoms with E-state index >= 15 is 0 Å². The molecule has 0 heterocycles. The van der Waals surface area contributed by atoms with Crippen LogP contribution in [-0.2, 0) is 10.2 Å². The first-order chi connectivity index (χ1) is 8.54. The molecule has 0 spiro atoms. The third-order valence-electron chi connectivity index (χ3n) is 3.67. The van der Waals surface area contributed by atoms with Crippen molar-refractivity contribution in [3.8, 4) is 5.75 Å². The molecule has 0 unspecified atom stereocenters. The molecule has 3 nitrogen and oxygen atoms in total. The zero-order valence-electron chi connectivity index (χ0n) is 11.1. The Labute approximate surface area is 108 Å². The highest BCUT2D eigenvalue weighted by Crippen LogP contribution is 2.43. The third-order valence-corrected chi connectivity index (χ3v) is 3.67. The number of carbonyl (C=O) groups excluding carboxylic acids is 1. The van der Waals surface area contributed by atoms with Gasteiger partial charge in [-0.15, -0.1) is 0 Å². The lowest BCUT2D eigenvalue weighted by Gasteiger charge is -2.39. The number of primary amides is 1. The standard InChI is InChI=1S/C15H21NO2/c1-11(2)10-18-13-6-4-12(5-7-13)15(14(16)17)8-3-9-15/h4-7,11H,3,8-10H2,1-2H3,(H2,16,17). The summed E-state index contributed by atoms with van der Waals surface area (Å²) in [5.74, 6) is 1.16. The van der Waals surface area contributed by atoms with Gasteiger partial charge < -0.3 is 10.5 Å². The lowest BCUT2D eigenvalue weighted by Crippen LogP contribution is -2.46. The number of hydrogen-bond donors (Lipinski definition) is 1. The molecular formula is C15H21NO2. The summed E-state index contributed by atoms with van der Waals surface area (Å²) in [6.45, 7) is 4.94. The Morgan fingerprint density at radius 1 is 1.33 bits per heavy atom. The molecule has 1 aromatic carbocycles. The van der Waals surface area contributed by atoms with Crippen LogP contribution in [0, 0.1) is 5.92 Å². The smallest absolute Gasteiger partial charge is 0.228 e. The average Bonchev–Trinajstić information content (AvgIpc) is 2.26. The first kappa shape index (κ1) is 12.9. The van der Waals surface area contributed by atoms with Crippen LogP contribution in [-0.4, -0.2) is 12.5 Å². The highest BCUT2D eigenvalue weighted by molar-refractivity contribution is 5.87. The summed E-state index contributed by atoms with van der Waals surface area (Å²) in [5, 5.41) is 0. The van der Waals surface area contributed by atoms with Gasteiger partial charge >= 0.3 is 0 Å². The van der Waals surface area contributed by atoms with Gasteiger partial charge in [0.25, 0.3) is 0 Å². The van der Waals surface area contributed by atoms with E-state index in [9.17, 15) is 4.79 Å². The van der Waals surface area contributed by atoms with Crippen molar-refractivity contribution in [1.82, 2.24) is 0 Å². The molecule has 18 heavy (non-hydrogen) atoms. The molecular weight excluding hydrogens is 226 g/mol. The Balaban J connectivity index is 2.10. The van der Waals surface area contributed by atoms with E-state index in [0.29, 0.717) is 12.5 Å². The molecule has 1 aliphatic carbocycles. The van der Waals surface area contributed by atoms with E-state index in [1.807, 2.05) is 24.3 Å². The quantitative estimate of drug-likeness (QED) is 0.869. The Morgan fingerprint density at radius 3 is 2.33 bits per heavy atom. The van der Waals surface area contributed by atoms with Crippen LogP contribution in [0.15, 0.2) is 24.3 Å². The molecule has 98 valence electrons. The molecule has 1 amide bonds. The molecule has 0 aliphatic heterocycles. The molecule has 2 rings (SSSR count). The summed E-state index contributed by atoms with van der Waals surface area (Å²) >= 11 is 0. The monoisotopic (exact) mass is 247 g/mol. The number of nitrogens with two attached hydrogens (primary N) is 1. The van der Waals surface area contributed by atoms with Crippen LogP contribution in [0.4, 0.5) is 0 Å². The Bertz CT molecular complexity index is 419. The highest BCUT2D eigenvalue weighted by Gasteiger charge is 2.44. The molecule has 0 bridgehead atoms. The maximum absolute atomic E-state index is 11.6. The zero-order valence-corrected chi connectivity index (χ0v) is 11.1. The van der Waals surface area contributed by atoms with Crippen LogP contribution < -0.4 is 10.5 Å². The molecule has 1 aliphatic rings. The van der Waals surface area contributed by atoms with Crippen LogP contribution in [0.5, 0.6) is 5.75 Å². The van der Waals surface area contributed by atoms with E-state index in [1.54, 1.807) is 0 Å². The maximum atomic E-state index is 11.6. The van der Waals surface area contributed by atoms with Gasteiger partial charge in [-0.25, -0.2) is 0 Å². The van der Waals surface area contributed by atoms with E-state index in [0.717, 1.165) is 30.6 Å². The number of amides is 1. The Kier molecular flexibility index (Phi) is 3.60. The van der Waals surface area contributed by atoms with Crippen molar-refractivity contribution in [3.63, 3.8) is 0 Å². The van der Waals surface area contributed by atoms with E-state index in [-0.39, 0.29) is 5.91 Å². The van der Waals surface area contributed by atoms with Gasteiger partial charge in [-0.2, -0.15) is 0 Å². The average molecular weight is 247 g/mol. The van der Waals surface area contributed by atoms with E-state index in [4.69, 9.17) is 10.5 Å². The number of rotatable bonds is 5. The van der Waals surface area contributed by atoms with Gasteiger partial charge in [-0.3, -0.25) is 4.79 Å². The predicted octanol–water partition coefficient (Wildman–Crippen LogP) is 2.63. The molecule has 0 radical (unpaired) electrons. The van der Waals surface area contributed by atoms with E-state index in [2.05, 4.69) is 13.8 Å². The van der Waals surface area contributed by atoms with Crippen LogP contribution in [0.3, 0.4) is 0 Å². The van der Waals surface area contributed by atoms with Gasteiger partial charge in [-0.1, -0.05) is 32.4 Å². The van der Waals surface area contributed by atoms with Gasteiger partial charge in [0.1, 0.15) is 5.75 Å². The fraction of sp³-hybridized carbons (Fsp3) is 0.533. The molecule has 1 saturated carbocycles. The first-order valence-electron chi connectivity index (χ1n) is 6.58. The Hall–Kier alpha value is -1.51. The molecule has 0 saturated heterocycles. The minimum atomic E-state index is -0.420. The largest absolute Gasteiger partial charge is 0.493 e. The molecule has 3 heteroatoms. The van der Waals surface area contributed by atoms with Crippen LogP contribution in [0.2, 0.25) is 0 Å². The first-order valence-corrected chi connectivity index (χ1v) is 6.58. The lowest BCUT2D eigenvalue weighted by atomic mass is 9.64. The van der Waals surface area contributed by atoms with Gasteiger partial charge in [0, 0.05) is 0 Å². The van der Waals surface area contributed by atoms with Crippen molar-refractivity contribution in [2.75, 3.05) is 6.61 Å². The fourth-order valence-electron chi connectivity index (χ4n) is 2.34. The van der Waals surface area contributed by atoms with Gasteiger partial charge in [0.2, 0.25) is 5.91 Å². The third kappa shape index (κ3) is 2.35. The van der Waals surface area contributed by atoms with Crippen molar-refractivity contribution in [2.45, 2.75) is 38.5 Å². The van der Waals surface area contributed by atoms with E-state index < -0.39 is 5.41 Å². The Morgan fingerprint density at radius 2 is 1.94 bits per heavy atom. The summed E-state index contributed by atoms with van der Waals surface area (Å²) in [4.78, 5) is 11.6. The highest BCUT2D eigenvalue weighted by atomic mass is 16.5. The van der Waals surface area contributed by atoms with Crippen LogP contribution >= 0.6 is 0 Å². The normalized spacial score (nSPS) is 17.3. The summed E-state index contributed by atoms with van der Waals surface area (Å²) in [6.07, 6.45) is 2.82. The summed E-state index contributed by atoms with van der Waals surface area (Å²) in [5.41, 5.74) is 6.14. The van der Waals surface area contributed by atoms with Crippen molar-refractivity contribution in [1.29, 1.82) is 0 Å². The lowest BCUT2D eigenvalue weighted by molar-refractivity contribution is -0.126. The van der Waals surface area contributed by atoms with E-state index in [1.165, 1.54) is 0 Å². The SMILES string of the molecule is CC(C)COc1ccc(C2(C(N)=O)CCC2)cc1. The second-order valence-corrected chi connectivity index (χ2v) is 5.53. The maximum Gasteiger partial charge on any atom is 0.228 e. The predicted molar refractivity (Wildman–Crippen MR) is 71.5 cm³/mol. The number of hydrogen-bond acceptors (Lipinski definition) is 2. The van der Waals surface area contributed by atoms with Crippen molar-refractivity contribution >= 4 is 5.91 Å². The number of benzene rings is 1. The van der Waals surface area contributed by atoms with Crippen LogP contribution in [0.25, 0.3) is 0 Å². The minimum absolute atomic E-state index is 0.204. The van der Waals surface area contributed by atoms with Crippen molar-refractivity contribution < 1.29 is 9.53 Å².